The predicted molar refractivity (Wildman–Crippen MR) is 76.4 cm³/mol. The topological polar surface area (TPSA) is 41.1 Å². The molecular weight excluding hydrogens is 236 g/mol. The highest BCUT2D eigenvalue weighted by Crippen LogP contribution is 2.10. The van der Waals surface area contributed by atoms with Gasteiger partial charge in [-0.1, -0.05) is 36.6 Å². The first-order valence-electron chi connectivity index (χ1n) is 6.48. The fraction of sp³-hybridized carbons (Fsp3) is 0.312. The second-order valence-electron chi connectivity index (χ2n) is 4.64. The number of nitrogens with one attached hydrogen (secondary N) is 2. The van der Waals surface area contributed by atoms with Gasteiger partial charge >= 0.3 is 0 Å². The fourth-order valence-electron chi connectivity index (χ4n) is 2.13. The molecule has 2 atom stereocenters. The molecule has 1 aliphatic rings. The lowest BCUT2D eigenvalue weighted by atomic mass is 9.96. The van der Waals surface area contributed by atoms with Crippen molar-refractivity contribution in [2.24, 2.45) is 5.92 Å². The Bertz CT molecular complexity index is 498. The standard InChI is InChI=1S/C16H18N2O/c1-2-16(19)18-15-10-14(11-17-12-15)9-8-13-6-4-3-5-7-13/h2-7,14-15,17H,1,10-12H2,(H,18,19)/t14-,15+/m1/s1. The van der Waals surface area contributed by atoms with E-state index in [1.165, 1.54) is 6.08 Å². The van der Waals surface area contributed by atoms with Gasteiger partial charge in [-0.2, -0.15) is 0 Å². The molecule has 3 heteroatoms. The highest BCUT2D eigenvalue weighted by Gasteiger charge is 2.20. The summed E-state index contributed by atoms with van der Waals surface area (Å²) in [6, 6.07) is 10.1. The van der Waals surface area contributed by atoms with Gasteiger partial charge in [0.25, 0.3) is 0 Å². The normalized spacial score (nSPS) is 21.9. The molecule has 0 saturated carbocycles. The molecule has 0 spiro atoms. The van der Waals surface area contributed by atoms with Crippen molar-refractivity contribution >= 4 is 5.91 Å². The Kier molecular flexibility index (Phi) is 4.77. The van der Waals surface area contributed by atoms with Gasteiger partial charge in [-0.25, -0.2) is 0 Å². The molecule has 0 aromatic heterocycles. The lowest BCUT2D eigenvalue weighted by molar-refractivity contribution is -0.117. The molecule has 2 N–H and O–H groups in total. The Balaban J connectivity index is 1.93. The maximum atomic E-state index is 11.3. The Labute approximate surface area is 114 Å². The summed E-state index contributed by atoms with van der Waals surface area (Å²) in [5.41, 5.74) is 1.03. The SMILES string of the molecule is C=CC(=O)N[C@@H]1CNC[C@H](C#Cc2ccccc2)C1. The summed E-state index contributed by atoms with van der Waals surface area (Å²) in [6.07, 6.45) is 2.19. The summed E-state index contributed by atoms with van der Waals surface area (Å²) in [5, 5.41) is 6.21. The number of carbonyl (C=O) groups is 1. The van der Waals surface area contributed by atoms with Gasteiger partial charge in [0.05, 0.1) is 0 Å². The van der Waals surface area contributed by atoms with Crippen molar-refractivity contribution in [1.29, 1.82) is 0 Å². The zero-order valence-corrected chi connectivity index (χ0v) is 10.9. The molecule has 1 heterocycles. The van der Waals surface area contributed by atoms with E-state index in [0.29, 0.717) is 0 Å². The first-order chi connectivity index (χ1) is 9.28. The van der Waals surface area contributed by atoms with Crippen molar-refractivity contribution in [2.45, 2.75) is 12.5 Å². The minimum absolute atomic E-state index is 0.122. The number of piperidine rings is 1. The Hall–Kier alpha value is -2.05. The highest BCUT2D eigenvalue weighted by atomic mass is 16.1. The van der Waals surface area contributed by atoms with Crippen LogP contribution in [0.1, 0.15) is 12.0 Å². The molecule has 1 amide bonds. The van der Waals surface area contributed by atoms with Crippen molar-refractivity contribution in [3.63, 3.8) is 0 Å². The van der Waals surface area contributed by atoms with Crippen LogP contribution in [0.4, 0.5) is 0 Å². The summed E-state index contributed by atoms with van der Waals surface area (Å²) in [5.74, 6) is 6.59. The average molecular weight is 254 g/mol. The van der Waals surface area contributed by atoms with E-state index in [0.717, 1.165) is 25.1 Å². The molecule has 0 unspecified atom stereocenters. The second-order valence-corrected chi connectivity index (χ2v) is 4.64. The number of hydrogen-bond donors (Lipinski definition) is 2. The lowest BCUT2D eigenvalue weighted by Gasteiger charge is -2.27. The molecule has 98 valence electrons. The Morgan fingerprint density at radius 1 is 1.37 bits per heavy atom. The van der Waals surface area contributed by atoms with E-state index in [1.807, 2.05) is 30.3 Å². The minimum atomic E-state index is -0.122. The zero-order valence-electron chi connectivity index (χ0n) is 10.9. The van der Waals surface area contributed by atoms with Crippen LogP contribution in [-0.2, 0) is 4.79 Å². The van der Waals surface area contributed by atoms with Crippen LogP contribution >= 0.6 is 0 Å². The molecule has 1 aromatic carbocycles. The molecule has 1 aromatic rings. The maximum absolute atomic E-state index is 11.3. The van der Waals surface area contributed by atoms with Crippen LogP contribution in [0.5, 0.6) is 0 Å². The van der Waals surface area contributed by atoms with Crippen LogP contribution in [-0.4, -0.2) is 25.0 Å². The van der Waals surface area contributed by atoms with Crippen molar-refractivity contribution in [1.82, 2.24) is 10.6 Å². The van der Waals surface area contributed by atoms with Gasteiger partial charge in [0, 0.05) is 30.6 Å². The first-order valence-corrected chi connectivity index (χ1v) is 6.48. The van der Waals surface area contributed by atoms with Crippen molar-refractivity contribution in [3.05, 3.63) is 48.6 Å². The van der Waals surface area contributed by atoms with Crippen molar-refractivity contribution in [3.8, 4) is 11.8 Å². The van der Waals surface area contributed by atoms with Gasteiger partial charge in [-0.15, -0.1) is 0 Å². The molecule has 2 rings (SSSR count). The van der Waals surface area contributed by atoms with E-state index in [1.54, 1.807) is 0 Å². The van der Waals surface area contributed by atoms with Gasteiger partial charge in [0.15, 0.2) is 0 Å². The predicted octanol–water partition coefficient (Wildman–Crippen LogP) is 1.32. The highest BCUT2D eigenvalue weighted by molar-refractivity contribution is 5.87. The van der Waals surface area contributed by atoms with Gasteiger partial charge < -0.3 is 10.6 Å². The third-order valence-corrected chi connectivity index (χ3v) is 3.08. The molecule has 1 fully saturated rings. The first kappa shape index (κ1) is 13.4. The van der Waals surface area contributed by atoms with E-state index < -0.39 is 0 Å². The smallest absolute Gasteiger partial charge is 0.243 e. The van der Waals surface area contributed by atoms with E-state index in [4.69, 9.17) is 0 Å². The van der Waals surface area contributed by atoms with Crippen LogP contribution in [0.15, 0.2) is 43.0 Å². The zero-order chi connectivity index (χ0) is 13.5. The molecule has 1 aliphatic heterocycles. The maximum Gasteiger partial charge on any atom is 0.243 e. The molecule has 0 bridgehead atoms. The monoisotopic (exact) mass is 254 g/mol. The third kappa shape index (κ3) is 4.27. The summed E-state index contributed by atoms with van der Waals surface area (Å²) in [7, 11) is 0. The number of benzene rings is 1. The van der Waals surface area contributed by atoms with Crippen LogP contribution in [0.25, 0.3) is 0 Å². The number of amides is 1. The van der Waals surface area contributed by atoms with Crippen LogP contribution in [0, 0.1) is 17.8 Å². The van der Waals surface area contributed by atoms with Gasteiger partial charge in [-0.3, -0.25) is 4.79 Å². The van der Waals surface area contributed by atoms with E-state index in [9.17, 15) is 4.79 Å². The fourth-order valence-corrected chi connectivity index (χ4v) is 2.13. The van der Waals surface area contributed by atoms with Crippen molar-refractivity contribution in [2.75, 3.05) is 13.1 Å². The summed E-state index contributed by atoms with van der Waals surface area (Å²) >= 11 is 0. The Morgan fingerprint density at radius 3 is 2.89 bits per heavy atom. The minimum Gasteiger partial charge on any atom is -0.349 e. The average Bonchev–Trinajstić information content (AvgIpc) is 2.46. The van der Waals surface area contributed by atoms with E-state index in [-0.39, 0.29) is 17.9 Å². The lowest BCUT2D eigenvalue weighted by Crippen LogP contribution is -2.48. The van der Waals surface area contributed by atoms with Crippen LogP contribution < -0.4 is 10.6 Å². The van der Waals surface area contributed by atoms with Gasteiger partial charge in [-0.05, 0) is 24.6 Å². The van der Waals surface area contributed by atoms with E-state index in [2.05, 4.69) is 29.1 Å². The summed E-state index contributed by atoms with van der Waals surface area (Å²) in [6.45, 7) is 5.13. The summed E-state index contributed by atoms with van der Waals surface area (Å²) < 4.78 is 0. The largest absolute Gasteiger partial charge is 0.349 e. The summed E-state index contributed by atoms with van der Waals surface area (Å²) in [4.78, 5) is 11.3. The molecule has 0 radical (unpaired) electrons. The van der Waals surface area contributed by atoms with Crippen LogP contribution in [0.2, 0.25) is 0 Å². The molecule has 0 aliphatic carbocycles. The molecule has 19 heavy (non-hydrogen) atoms. The Morgan fingerprint density at radius 2 is 2.16 bits per heavy atom. The van der Waals surface area contributed by atoms with E-state index >= 15 is 0 Å². The molecular formula is C16H18N2O. The number of hydrogen-bond acceptors (Lipinski definition) is 2. The number of rotatable bonds is 2. The van der Waals surface area contributed by atoms with Gasteiger partial charge in [0.1, 0.15) is 0 Å². The van der Waals surface area contributed by atoms with Crippen LogP contribution in [0.3, 0.4) is 0 Å². The molecule has 3 nitrogen and oxygen atoms in total. The molecule has 1 saturated heterocycles. The van der Waals surface area contributed by atoms with Crippen molar-refractivity contribution < 1.29 is 4.79 Å². The number of carbonyl (C=O) groups excluding carboxylic acids is 1. The van der Waals surface area contributed by atoms with Gasteiger partial charge in [0.2, 0.25) is 5.91 Å². The quantitative estimate of drug-likeness (QED) is 0.617. The second kappa shape index (κ2) is 6.77. The third-order valence-electron chi connectivity index (χ3n) is 3.08.